The van der Waals surface area contributed by atoms with E-state index in [1.54, 1.807) is 0 Å². The summed E-state index contributed by atoms with van der Waals surface area (Å²) in [5.74, 6) is 0.317. The number of imide groups is 1. The number of amides is 4. The summed E-state index contributed by atoms with van der Waals surface area (Å²) >= 11 is 0. The highest BCUT2D eigenvalue weighted by Crippen LogP contribution is 2.65. The smallest absolute Gasteiger partial charge is 0.322 e. The van der Waals surface area contributed by atoms with Crippen molar-refractivity contribution in [3.63, 3.8) is 0 Å². The quantitative estimate of drug-likeness (QED) is 0.684. The fourth-order valence-corrected chi connectivity index (χ4v) is 4.63. The molecule has 3 aliphatic rings. The van der Waals surface area contributed by atoms with Crippen LogP contribution in [-0.2, 0) is 9.59 Å². The molecule has 0 radical (unpaired) electrons. The van der Waals surface area contributed by atoms with Crippen LogP contribution in [-0.4, -0.2) is 29.9 Å². The van der Waals surface area contributed by atoms with Gasteiger partial charge < -0.3 is 10.6 Å². The van der Waals surface area contributed by atoms with Crippen molar-refractivity contribution in [3.05, 3.63) is 0 Å². The van der Waals surface area contributed by atoms with Crippen molar-refractivity contribution in [2.75, 3.05) is 0 Å². The van der Waals surface area contributed by atoms with Crippen LogP contribution < -0.4 is 16.0 Å². The second-order valence-electron chi connectivity index (χ2n) is 7.78. The molecule has 0 aromatic rings. The molecule has 4 unspecified atom stereocenters. The van der Waals surface area contributed by atoms with E-state index in [1.807, 2.05) is 0 Å². The van der Waals surface area contributed by atoms with E-state index in [0.29, 0.717) is 12.3 Å². The second-order valence-corrected chi connectivity index (χ2v) is 7.78. The molecule has 3 rings (SSSR count). The summed E-state index contributed by atoms with van der Waals surface area (Å²) in [7, 11) is 0. The molecule has 4 atom stereocenters. The molecule has 0 aromatic heterocycles. The fraction of sp³-hybridized carbons (Fsp3) is 0.812. The topological polar surface area (TPSA) is 87.3 Å². The normalized spacial score (nSPS) is 38.8. The largest absolute Gasteiger partial charge is 0.353 e. The Morgan fingerprint density at radius 3 is 2.55 bits per heavy atom. The van der Waals surface area contributed by atoms with Gasteiger partial charge in [0.15, 0.2) is 0 Å². The summed E-state index contributed by atoms with van der Waals surface area (Å²) < 4.78 is 0. The first kappa shape index (κ1) is 15.3. The van der Waals surface area contributed by atoms with E-state index in [-0.39, 0.29) is 35.1 Å². The van der Waals surface area contributed by atoms with Gasteiger partial charge in [-0.3, -0.25) is 14.9 Å². The molecule has 3 N–H and O–H groups in total. The third kappa shape index (κ3) is 2.20. The number of rotatable bonds is 4. The van der Waals surface area contributed by atoms with Crippen LogP contribution in [0.25, 0.3) is 0 Å². The van der Waals surface area contributed by atoms with Crippen molar-refractivity contribution in [1.29, 1.82) is 0 Å². The molecule has 122 valence electrons. The lowest BCUT2D eigenvalue weighted by Gasteiger charge is -2.39. The van der Waals surface area contributed by atoms with E-state index < -0.39 is 12.1 Å². The molecule has 2 aliphatic carbocycles. The number of urea groups is 1. The van der Waals surface area contributed by atoms with Gasteiger partial charge in [-0.25, -0.2) is 4.79 Å². The van der Waals surface area contributed by atoms with E-state index in [2.05, 4.69) is 36.7 Å². The molecule has 6 heteroatoms. The van der Waals surface area contributed by atoms with Crippen LogP contribution in [0.15, 0.2) is 0 Å². The van der Waals surface area contributed by atoms with E-state index in [9.17, 15) is 14.4 Å². The van der Waals surface area contributed by atoms with Crippen LogP contribution in [0.2, 0.25) is 0 Å². The Balaban J connectivity index is 1.53. The van der Waals surface area contributed by atoms with Gasteiger partial charge in [-0.15, -0.1) is 0 Å². The van der Waals surface area contributed by atoms with Crippen molar-refractivity contribution in [1.82, 2.24) is 16.0 Å². The summed E-state index contributed by atoms with van der Waals surface area (Å²) in [6, 6.07) is -0.830. The van der Waals surface area contributed by atoms with Crippen LogP contribution >= 0.6 is 0 Å². The number of nitrogens with one attached hydrogen (secondary N) is 3. The van der Waals surface area contributed by atoms with Crippen molar-refractivity contribution in [2.45, 2.75) is 65.0 Å². The molecule has 2 bridgehead atoms. The van der Waals surface area contributed by atoms with E-state index >= 15 is 0 Å². The summed E-state index contributed by atoms with van der Waals surface area (Å²) in [6.07, 6.45) is 4.08. The molecule has 3 fully saturated rings. The Kier molecular flexibility index (Phi) is 3.45. The average Bonchev–Trinajstić information content (AvgIpc) is 2.93. The highest BCUT2D eigenvalue weighted by molar-refractivity contribution is 6.04. The van der Waals surface area contributed by atoms with Crippen molar-refractivity contribution in [2.24, 2.45) is 16.7 Å². The first-order valence-electron chi connectivity index (χ1n) is 8.15. The van der Waals surface area contributed by atoms with Gasteiger partial charge in [-0.1, -0.05) is 20.8 Å². The summed E-state index contributed by atoms with van der Waals surface area (Å²) in [5.41, 5.74) is 0.427. The Morgan fingerprint density at radius 1 is 1.32 bits per heavy atom. The van der Waals surface area contributed by atoms with Gasteiger partial charge in [0.1, 0.15) is 6.04 Å². The van der Waals surface area contributed by atoms with Crippen molar-refractivity contribution in [3.8, 4) is 0 Å². The van der Waals surface area contributed by atoms with Gasteiger partial charge in [0, 0.05) is 12.5 Å². The van der Waals surface area contributed by atoms with Crippen molar-refractivity contribution < 1.29 is 14.4 Å². The number of hydrogen-bond donors (Lipinski definition) is 3. The first-order chi connectivity index (χ1) is 10.2. The maximum absolute atomic E-state index is 12.2. The highest BCUT2D eigenvalue weighted by atomic mass is 16.2. The molecular weight excluding hydrogens is 282 g/mol. The molecule has 2 saturated carbocycles. The first-order valence-corrected chi connectivity index (χ1v) is 8.15. The number of carbonyl (C=O) groups excluding carboxylic acids is 3. The highest BCUT2D eigenvalue weighted by Gasteiger charge is 2.61. The summed E-state index contributed by atoms with van der Waals surface area (Å²) in [4.78, 5) is 34.7. The number of hydrogen-bond acceptors (Lipinski definition) is 3. The van der Waals surface area contributed by atoms with Gasteiger partial charge in [0.25, 0.3) is 5.91 Å². The molecule has 1 heterocycles. The van der Waals surface area contributed by atoms with Crippen LogP contribution in [0.4, 0.5) is 4.79 Å². The molecule has 4 amide bonds. The standard InChI is InChI=1S/C16H25N3O3/c1-15(2)9-6-7-16(15,3)11(8-9)18-12(20)5-4-10-13(21)19-14(22)17-10/h9-11H,4-8H2,1-3H3,(H,18,20)(H2,17,19,21,22). The molecule has 6 nitrogen and oxygen atoms in total. The lowest BCUT2D eigenvalue weighted by molar-refractivity contribution is -0.123. The zero-order valence-corrected chi connectivity index (χ0v) is 13.5. The third-order valence-corrected chi connectivity index (χ3v) is 6.65. The van der Waals surface area contributed by atoms with Gasteiger partial charge in [0.05, 0.1) is 0 Å². The second kappa shape index (κ2) is 4.96. The molecule has 22 heavy (non-hydrogen) atoms. The van der Waals surface area contributed by atoms with E-state index in [1.165, 1.54) is 6.42 Å². The predicted molar refractivity (Wildman–Crippen MR) is 80.9 cm³/mol. The Morgan fingerprint density at radius 2 is 2.05 bits per heavy atom. The van der Waals surface area contributed by atoms with E-state index in [4.69, 9.17) is 0 Å². The lowest BCUT2D eigenvalue weighted by atomic mass is 9.69. The molecule has 0 aromatic carbocycles. The van der Waals surface area contributed by atoms with E-state index in [0.717, 1.165) is 12.8 Å². The van der Waals surface area contributed by atoms with Crippen LogP contribution in [0.5, 0.6) is 0 Å². The van der Waals surface area contributed by atoms with Gasteiger partial charge in [-0.2, -0.15) is 0 Å². The molecule has 1 aliphatic heterocycles. The number of carbonyl (C=O) groups is 3. The van der Waals surface area contributed by atoms with Crippen LogP contribution in [0, 0.1) is 16.7 Å². The van der Waals surface area contributed by atoms with Crippen LogP contribution in [0.1, 0.15) is 52.9 Å². The van der Waals surface area contributed by atoms with Crippen molar-refractivity contribution >= 4 is 17.8 Å². The van der Waals surface area contributed by atoms with Gasteiger partial charge in [0.2, 0.25) is 5.91 Å². The zero-order chi connectivity index (χ0) is 16.1. The third-order valence-electron chi connectivity index (χ3n) is 6.65. The fourth-order valence-electron chi connectivity index (χ4n) is 4.63. The Labute approximate surface area is 130 Å². The van der Waals surface area contributed by atoms with Crippen LogP contribution in [0.3, 0.4) is 0 Å². The number of fused-ring (bicyclic) bond motifs is 2. The average molecular weight is 307 g/mol. The minimum Gasteiger partial charge on any atom is -0.353 e. The molecule has 0 spiro atoms. The van der Waals surface area contributed by atoms with Gasteiger partial charge in [-0.05, 0) is 42.4 Å². The monoisotopic (exact) mass is 307 g/mol. The minimum atomic E-state index is -0.578. The lowest BCUT2D eigenvalue weighted by Crippen LogP contribution is -2.47. The SMILES string of the molecule is CC1(C)C2CCC1(C)C(NC(=O)CCC1NC(=O)NC1=O)C2. The molecular formula is C16H25N3O3. The molecule has 1 saturated heterocycles. The zero-order valence-electron chi connectivity index (χ0n) is 13.5. The predicted octanol–water partition coefficient (Wildman–Crippen LogP) is 1.31. The maximum atomic E-state index is 12.2. The Hall–Kier alpha value is -1.59. The van der Waals surface area contributed by atoms with Gasteiger partial charge >= 0.3 is 6.03 Å². The maximum Gasteiger partial charge on any atom is 0.322 e. The summed E-state index contributed by atoms with van der Waals surface area (Å²) in [5, 5.41) is 7.88. The Bertz CT molecular complexity index is 531. The summed E-state index contributed by atoms with van der Waals surface area (Å²) in [6.45, 7) is 6.92. The minimum absolute atomic E-state index is 0.0245.